The van der Waals surface area contributed by atoms with E-state index in [-0.39, 0.29) is 5.25 Å². The standard InChI is InChI=1S/C22H17N3OS/c1-26-15-12-10-14(11-13-15)20-21(27-19-9-5-4-8-18(19)23-20)22-24-16-6-2-3-7-17(16)25-22/h2-13,21H,1H3,(H,24,25). The molecule has 1 atom stereocenters. The molecule has 0 saturated heterocycles. The highest BCUT2D eigenvalue weighted by atomic mass is 32.2. The van der Waals surface area contributed by atoms with Crippen molar-refractivity contribution in [1.29, 1.82) is 0 Å². The van der Waals surface area contributed by atoms with E-state index < -0.39 is 0 Å². The van der Waals surface area contributed by atoms with E-state index in [1.165, 1.54) is 4.90 Å². The summed E-state index contributed by atoms with van der Waals surface area (Å²) < 4.78 is 5.30. The van der Waals surface area contributed by atoms with Crippen LogP contribution in [0.3, 0.4) is 0 Å². The Bertz CT molecular complexity index is 1110. The van der Waals surface area contributed by atoms with E-state index in [0.29, 0.717) is 0 Å². The first-order valence-electron chi connectivity index (χ1n) is 8.75. The van der Waals surface area contributed by atoms with Gasteiger partial charge in [-0.25, -0.2) is 9.98 Å². The first-order chi connectivity index (χ1) is 13.3. The Balaban J connectivity index is 1.65. The molecule has 5 rings (SSSR count). The van der Waals surface area contributed by atoms with Gasteiger partial charge in [0.2, 0.25) is 0 Å². The summed E-state index contributed by atoms with van der Waals surface area (Å²) in [5, 5.41) is 0.000643. The molecule has 0 amide bonds. The quantitative estimate of drug-likeness (QED) is 0.514. The summed E-state index contributed by atoms with van der Waals surface area (Å²) in [7, 11) is 1.68. The van der Waals surface area contributed by atoms with Crippen molar-refractivity contribution < 1.29 is 4.74 Å². The van der Waals surface area contributed by atoms with E-state index in [4.69, 9.17) is 14.7 Å². The van der Waals surface area contributed by atoms with Crippen molar-refractivity contribution in [3.63, 3.8) is 0 Å². The molecule has 2 heterocycles. The Morgan fingerprint density at radius 1 is 0.926 bits per heavy atom. The van der Waals surface area contributed by atoms with E-state index in [2.05, 4.69) is 41.4 Å². The average Bonchev–Trinajstić information content (AvgIpc) is 3.17. The number of hydrogen-bond donors (Lipinski definition) is 1. The van der Waals surface area contributed by atoms with Gasteiger partial charge in [0, 0.05) is 4.90 Å². The van der Waals surface area contributed by atoms with Crippen LogP contribution in [0.5, 0.6) is 5.75 Å². The molecule has 1 aliphatic rings. The highest BCUT2D eigenvalue weighted by Crippen LogP contribution is 2.46. The smallest absolute Gasteiger partial charge is 0.126 e. The van der Waals surface area contributed by atoms with Crippen LogP contribution in [0.2, 0.25) is 0 Å². The molecule has 1 aliphatic heterocycles. The number of para-hydroxylation sites is 3. The van der Waals surface area contributed by atoms with Crippen molar-refractivity contribution in [2.24, 2.45) is 4.99 Å². The lowest BCUT2D eigenvalue weighted by Gasteiger charge is -2.23. The van der Waals surface area contributed by atoms with E-state index in [1.807, 2.05) is 36.4 Å². The van der Waals surface area contributed by atoms with Gasteiger partial charge in [-0.05, 0) is 54.1 Å². The number of nitrogens with one attached hydrogen (secondary N) is 1. The highest BCUT2D eigenvalue weighted by molar-refractivity contribution is 8.00. The Kier molecular flexibility index (Phi) is 3.94. The number of methoxy groups -OCH3 is 1. The minimum atomic E-state index is 0.000643. The van der Waals surface area contributed by atoms with Crippen LogP contribution in [0.15, 0.2) is 82.7 Å². The van der Waals surface area contributed by atoms with Gasteiger partial charge in [-0.2, -0.15) is 0 Å². The van der Waals surface area contributed by atoms with Gasteiger partial charge in [0.1, 0.15) is 16.8 Å². The van der Waals surface area contributed by atoms with Gasteiger partial charge in [0.15, 0.2) is 0 Å². The molecular formula is C22H17N3OS. The molecule has 0 radical (unpaired) electrons. The van der Waals surface area contributed by atoms with E-state index in [1.54, 1.807) is 18.9 Å². The summed E-state index contributed by atoms with van der Waals surface area (Å²) in [5.41, 5.74) is 5.09. The number of ether oxygens (including phenoxy) is 1. The van der Waals surface area contributed by atoms with Gasteiger partial charge in [-0.3, -0.25) is 0 Å². The summed E-state index contributed by atoms with van der Waals surface area (Å²) in [6, 6.07) is 24.4. The SMILES string of the molecule is COc1ccc(C2=Nc3ccccc3SC2c2nc3ccccc3[nH]2)cc1. The second kappa shape index (κ2) is 6.59. The maximum Gasteiger partial charge on any atom is 0.126 e. The molecule has 1 aromatic heterocycles. The van der Waals surface area contributed by atoms with Crippen molar-refractivity contribution in [3.05, 3.63) is 84.2 Å². The fourth-order valence-electron chi connectivity index (χ4n) is 3.28. The predicted molar refractivity (Wildman–Crippen MR) is 110 cm³/mol. The van der Waals surface area contributed by atoms with Crippen molar-refractivity contribution >= 4 is 34.2 Å². The lowest BCUT2D eigenvalue weighted by Crippen LogP contribution is -2.15. The Morgan fingerprint density at radius 2 is 1.70 bits per heavy atom. The molecule has 27 heavy (non-hydrogen) atoms. The molecular weight excluding hydrogens is 354 g/mol. The van der Waals surface area contributed by atoms with Crippen LogP contribution in [0.4, 0.5) is 5.69 Å². The Morgan fingerprint density at radius 3 is 2.52 bits per heavy atom. The number of aromatic amines is 1. The van der Waals surface area contributed by atoms with Gasteiger partial charge >= 0.3 is 0 Å². The number of aromatic nitrogens is 2. The van der Waals surface area contributed by atoms with E-state index in [9.17, 15) is 0 Å². The Hall–Kier alpha value is -3.05. The number of nitrogens with zero attached hydrogens (tertiary/aromatic N) is 2. The van der Waals surface area contributed by atoms with Crippen molar-refractivity contribution in [1.82, 2.24) is 9.97 Å². The van der Waals surface area contributed by atoms with Gasteiger partial charge in [0.05, 0.1) is 29.5 Å². The van der Waals surface area contributed by atoms with Crippen LogP contribution in [-0.2, 0) is 0 Å². The van der Waals surface area contributed by atoms with Crippen LogP contribution >= 0.6 is 11.8 Å². The third-order valence-electron chi connectivity index (χ3n) is 4.64. The van der Waals surface area contributed by atoms with Crippen molar-refractivity contribution in [2.75, 3.05) is 7.11 Å². The first kappa shape index (κ1) is 16.1. The predicted octanol–water partition coefficient (Wildman–Crippen LogP) is 5.54. The maximum atomic E-state index is 5.30. The van der Waals surface area contributed by atoms with Gasteiger partial charge in [-0.1, -0.05) is 24.3 Å². The van der Waals surface area contributed by atoms with Crippen LogP contribution in [0, 0.1) is 0 Å². The molecule has 0 aliphatic carbocycles. The molecule has 1 unspecified atom stereocenters. The number of aliphatic imine (C=N–C) groups is 1. The summed E-state index contributed by atoms with van der Waals surface area (Å²) in [6.45, 7) is 0. The molecule has 0 bridgehead atoms. The number of imidazole rings is 1. The third-order valence-corrected chi connectivity index (χ3v) is 5.92. The fourth-order valence-corrected chi connectivity index (χ4v) is 4.45. The van der Waals surface area contributed by atoms with Crippen molar-refractivity contribution in [3.8, 4) is 5.75 Å². The third kappa shape index (κ3) is 2.90. The first-order valence-corrected chi connectivity index (χ1v) is 9.63. The molecule has 4 nitrogen and oxygen atoms in total. The van der Waals surface area contributed by atoms with Crippen molar-refractivity contribution in [2.45, 2.75) is 10.1 Å². The second-order valence-corrected chi connectivity index (χ2v) is 7.48. The number of thioether (sulfide) groups is 1. The Labute approximate surface area is 161 Å². The number of benzene rings is 3. The molecule has 132 valence electrons. The number of H-pyrrole nitrogens is 1. The zero-order chi connectivity index (χ0) is 18.2. The minimum absolute atomic E-state index is 0.000643. The molecule has 1 N–H and O–H groups in total. The van der Waals surface area contributed by atoms with Gasteiger partial charge < -0.3 is 9.72 Å². The lowest BCUT2D eigenvalue weighted by molar-refractivity contribution is 0.415. The zero-order valence-corrected chi connectivity index (χ0v) is 15.5. The molecule has 0 saturated carbocycles. The normalized spacial score (nSPS) is 16.0. The fraction of sp³-hybridized carbons (Fsp3) is 0.0909. The zero-order valence-electron chi connectivity index (χ0n) is 14.7. The van der Waals surface area contributed by atoms with E-state index >= 15 is 0 Å². The minimum Gasteiger partial charge on any atom is -0.497 e. The number of fused-ring (bicyclic) bond motifs is 2. The summed E-state index contributed by atoms with van der Waals surface area (Å²) in [6.07, 6.45) is 0. The summed E-state index contributed by atoms with van der Waals surface area (Å²) >= 11 is 1.78. The van der Waals surface area contributed by atoms with Crippen LogP contribution in [-0.4, -0.2) is 22.8 Å². The summed E-state index contributed by atoms with van der Waals surface area (Å²) in [5.74, 6) is 1.76. The monoisotopic (exact) mass is 371 g/mol. The second-order valence-electron chi connectivity index (χ2n) is 6.33. The molecule has 5 heteroatoms. The molecule has 0 fully saturated rings. The largest absolute Gasteiger partial charge is 0.497 e. The summed E-state index contributed by atoms with van der Waals surface area (Å²) in [4.78, 5) is 14.5. The number of hydrogen-bond acceptors (Lipinski definition) is 4. The van der Waals surface area contributed by atoms with Crippen LogP contribution in [0.1, 0.15) is 16.6 Å². The van der Waals surface area contributed by atoms with Crippen LogP contribution < -0.4 is 4.74 Å². The van der Waals surface area contributed by atoms with E-state index in [0.717, 1.165) is 39.6 Å². The maximum absolute atomic E-state index is 5.30. The van der Waals surface area contributed by atoms with Crippen LogP contribution in [0.25, 0.3) is 11.0 Å². The molecule has 3 aromatic carbocycles. The molecule has 4 aromatic rings. The lowest BCUT2D eigenvalue weighted by atomic mass is 10.1. The number of rotatable bonds is 3. The topological polar surface area (TPSA) is 50.3 Å². The molecule has 0 spiro atoms. The highest BCUT2D eigenvalue weighted by Gasteiger charge is 2.29. The average molecular weight is 371 g/mol. The van der Waals surface area contributed by atoms with Gasteiger partial charge in [0.25, 0.3) is 0 Å². The van der Waals surface area contributed by atoms with Gasteiger partial charge in [-0.15, -0.1) is 11.8 Å².